The molecule has 5 nitrogen and oxygen atoms in total. The summed E-state index contributed by atoms with van der Waals surface area (Å²) in [5.41, 5.74) is 0. The summed E-state index contributed by atoms with van der Waals surface area (Å²) >= 11 is 1.50. The molecule has 0 spiro atoms. The molecule has 0 aromatic carbocycles. The Morgan fingerprint density at radius 3 is 2.95 bits per heavy atom. The van der Waals surface area contributed by atoms with Gasteiger partial charge < -0.3 is 10.1 Å². The molecule has 1 saturated heterocycles. The maximum absolute atomic E-state index is 12.6. The highest BCUT2D eigenvalue weighted by Crippen LogP contribution is 2.27. The number of ether oxygens (including phenoxy) is 1. The first kappa shape index (κ1) is 16.9. The first-order chi connectivity index (χ1) is 9.93. The van der Waals surface area contributed by atoms with Crippen LogP contribution in [0.1, 0.15) is 25.1 Å². The minimum absolute atomic E-state index is 0.311. The van der Waals surface area contributed by atoms with Crippen LogP contribution in [0.15, 0.2) is 16.3 Å². The molecule has 21 heavy (non-hydrogen) atoms. The van der Waals surface area contributed by atoms with Gasteiger partial charge in [0.2, 0.25) is 10.0 Å². The minimum atomic E-state index is -3.35. The number of thiophene rings is 1. The van der Waals surface area contributed by atoms with Crippen LogP contribution in [0.2, 0.25) is 0 Å². The number of nitrogens with one attached hydrogen (secondary N) is 1. The molecule has 1 aliphatic heterocycles. The highest BCUT2D eigenvalue weighted by atomic mass is 32.2. The van der Waals surface area contributed by atoms with Gasteiger partial charge in [-0.25, -0.2) is 8.42 Å². The van der Waals surface area contributed by atoms with Gasteiger partial charge in [-0.05, 0) is 18.4 Å². The van der Waals surface area contributed by atoms with Crippen molar-refractivity contribution in [2.45, 2.75) is 37.8 Å². The van der Waals surface area contributed by atoms with Crippen molar-refractivity contribution >= 4 is 21.4 Å². The van der Waals surface area contributed by atoms with Crippen LogP contribution < -0.4 is 5.32 Å². The van der Waals surface area contributed by atoms with Crippen LogP contribution in [-0.2, 0) is 21.3 Å². The quantitative estimate of drug-likeness (QED) is 0.828. The van der Waals surface area contributed by atoms with Gasteiger partial charge in [0.15, 0.2) is 0 Å². The third-order valence-corrected chi connectivity index (χ3v) is 6.53. The van der Waals surface area contributed by atoms with E-state index in [1.165, 1.54) is 11.3 Å². The van der Waals surface area contributed by atoms with E-state index in [4.69, 9.17) is 4.74 Å². The highest BCUT2D eigenvalue weighted by Gasteiger charge is 2.32. The zero-order valence-corrected chi connectivity index (χ0v) is 14.5. The molecule has 0 aliphatic carbocycles. The predicted octanol–water partition coefficient (Wildman–Crippen LogP) is 1.90. The van der Waals surface area contributed by atoms with Crippen LogP contribution >= 0.6 is 11.3 Å². The standard InChI is InChI=1S/C14H24N2O3S2/c1-11(2)15-7-13-6-14(10-20-13)21(17,18)16-5-4-12(8-16)9-19-3/h6,10-12,15H,4-5,7-9H2,1-3H3. The first-order valence-electron chi connectivity index (χ1n) is 7.23. The van der Waals surface area contributed by atoms with Crippen LogP contribution in [0.25, 0.3) is 0 Å². The van der Waals surface area contributed by atoms with Gasteiger partial charge in [0.1, 0.15) is 0 Å². The molecular formula is C14H24N2O3S2. The smallest absolute Gasteiger partial charge is 0.243 e. The van der Waals surface area contributed by atoms with Crippen LogP contribution in [0.4, 0.5) is 0 Å². The van der Waals surface area contributed by atoms with Gasteiger partial charge in [-0.1, -0.05) is 13.8 Å². The molecule has 1 atom stereocenters. The van der Waals surface area contributed by atoms with Crippen LogP contribution in [0.5, 0.6) is 0 Å². The summed E-state index contributed by atoms with van der Waals surface area (Å²) in [4.78, 5) is 1.47. The second kappa shape index (κ2) is 7.19. The summed E-state index contributed by atoms with van der Waals surface area (Å²) in [5, 5.41) is 5.05. The first-order valence-corrected chi connectivity index (χ1v) is 9.55. The lowest BCUT2D eigenvalue weighted by atomic mass is 10.1. The SMILES string of the molecule is COCC1CCN(S(=O)(=O)c2csc(CNC(C)C)c2)C1. The van der Waals surface area contributed by atoms with Gasteiger partial charge in [0.25, 0.3) is 0 Å². The zero-order chi connectivity index (χ0) is 15.5. The molecule has 0 bridgehead atoms. The monoisotopic (exact) mass is 332 g/mol. The van der Waals surface area contributed by atoms with E-state index < -0.39 is 10.0 Å². The van der Waals surface area contributed by atoms with Crippen molar-refractivity contribution in [1.29, 1.82) is 0 Å². The number of hydrogen-bond donors (Lipinski definition) is 1. The molecule has 1 N–H and O–H groups in total. The van der Waals surface area contributed by atoms with E-state index in [1.54, 1.807) is 22.9 Å². The molecule has 0 radical (unpaired) electrons. The van der Waals surface area contributed by atoms with Crippen molar-refractivity contribution in [2.75, 3.05) is 26.8 Å². The van der Waals surface area contributed by atoms with Gasteiger partial charge in [0, 0.05) is 43.0 Å². The van der Waals surface area contributed by atoms with Gasteiger partial charge in [0.05, 0.1) is 11.5 Å². The normalized spacial score (nSPS) is 20.5. The lowest BCUT2D eigenvalue weighted by Gasteiger charge is -2.15. The fourth-order valence-corrected chi connectivity index (χ4v) is 5.17. The molecule has 0 saturated carbocycles. The maximum atomic E-state index is 12.6. The van der Waals surface area contributed by atoms with E-state index in [0.29, 0.717) is 43.1 Å². The van der Waals surface area contributed by atoms with Crippen LogP contribution in [0.3, 0.4) is 0 Å². The van der Waals surface area contributed by atoms with Crippen molar-refractivity contribution in [3.05, 3.63) is 16.3 Å². The number of methoxy groups -OCH3 is 1. The summed E-state index contributed by atoms with van der Waals surface area (Å²) in [6.07, 6.45) is 0.874. The zero-order valence-electron chi connectivity index (χ0n) is 12.8. The lowest BCUT2D eigenvalue weighted by molar-refractivity contribution is 0.157. The molecule has 7 heteroatoms. The van der Waals surface area contributed by atoms with Crippen molar-refractivity contribution in [3.8, 4) is 0 Å². The molecule has 2 rings (SSSR count). The molecule has 120 valence electrons. The lowest BCUT2D eigenvalue weighted by Crippen LogP contribution is -2.29. The third-order valence-electron chi connectivity index (χ3n) is 3.60. The Hall–Kier alpha value is -0.470. The van der Waals surface area contributed by atoms with E-state index in [1.807, 2.05) is 0 Å². The van der Waals surface area contributed by atoms with Crippen LogP contribution in [0, 0.1) is 5.92 Å². The Labute approximate surface area is 131 Å². The second-order valence-corrected chi connectivity index (χ2v) is 8.69. The molecular weight excluding hydrogens is 308 g/mol. The van der Waals surface area contributed by atoms with E-state index in [9.17, 15) is 8.42 Å². The van der Waals surface area contributed by atoms with E-state index in [2.05, 4.69) is 19.2 Å². The van der Waals surface area contributed by atoms with Gasteiger partial charge in [-0.3, -0.25) is 0 Å². The molecule has 1 unspecified atom stereocenters. The fraction of sp³-hybridized carbons (Fsp3) is 0.714. The number of sulfonamides is 1. The van der Waals surface area contributed by atoms with Gasteiger partial charge in [-0.15, -0.1) is 11.3 Å². The Kier molecular flexibility index (Phi) is 5.79. The summed E-state index contributed by atoms with van der Waals surface area (Å²) in [5.74, 6) is 0.311. The second-order valence-electron chi connectivity index (χ2n) is 5.76. The number of rotatable bonds is 7. The summed E-state index contributed by atoms with van der Waals surface area (Å²) in [6, 6.07) is 2.18. The largest absolute Gasteiger partial charge is 0.384 e. The van der Waals surface area contributed by atoms with Crippen molar-refractivity contribution in [1.82, 2.24) is 9.62 Å². The summed E-state index contributed by atoms with van der Waals surface area (Å²) < 4.78 is 31.9. The van der Waals surface area contributed by atoms with E-state index in [-0.39, 0.29) is 0 Å². The van der Waals surface area contributed by atoms with Gasteiger partial charge >= 0.3 is 0 Å². The van der Waals surface area contributed by atoms with Gasteiger partial charge in [-0.2, -0.15) is 4.31 Å². The fourth-order valence-electron chi connectivity index (χ4n) is 2.43. The summed E-state index contributed by atoms with van der Waals surface area (Å²) in [6.45, 7) is 6.64. The molecule has 2 heterocycles. The molecule has 1 aliphatic rings. The van der Waals surface area contributed by atoms with Crippen LogP contribution in [-0.4, -0.2) is 45.6 Å². The van der Waals surface area contributed by atoms with Crippen molar-refractivity contribution in [3.63, 3.8) is 0 Å². The Morgan fingerprint density at radius 2 is 2.29 bits per heavy atom. The molecule has 1 fully saturated rings. The Bertz CT molecular complexity index is 554. The molecule has 0 amide bonds. The average Bonchev–Trinajstić information content (AvgIpc) is 3.06. The molecule has 1 aromatic rings. The highest BCUT2D eigenvalue weighted by molar-refractivity contribution is 7.89. The van der Waals surface area contributed by atoms with E-state index in [0.717, 1.165) is 11.3 Å². The Morgan fingerprint density at radius 1 is 1.52 bits per heavy atom. The van der Waals surface area contributed by atoms with Crippen molar-refractivity contribution in [2.24, 2.45) is 5.92 Å². The topological polar surface area (TPSA) is 58.6 Å². The third kappa shape index (κ3) is 4.26. The Balaban J connectivity index is 2.03. The van der Waals surface area contributed by atoms with Crippen molar-refractivity contribution < 1.29 is 13.2 Å². The number of hydrogen-bond acceptors (Lipinski definition) is 5. The average molecular weight is 332 g/mol. The molecule has 1 aromatic heterocycles. The number of nitrogens with zero attached hydrogens (tertiary/aromatic N) is 1. The summed E-state index contributed by atoms with van der Waals surface area (Å²) in [7, 11) is -1.69. The van der Waals surface area contributed by atoms with E-state index >= 15 is 0 Å². The predicted molar refractivity (Wildman–Crippen MR) is 85.0 cm³/mol. The minimum Gasteiger partial charge on any atom is -0.384 e. The maximum Gasteiger partial charge on any atom is 0.243 e.